The highest BCUT2D eigenvalue weighted by Crippen LogP contribution is 2.37. The molecule has 0 atom stereocenters. The van der Waals surface area contributed by atoms with E-state index in [1.165, 1.54) is 0 Å². The molecule has 6 heteroatoms. The molecule has 0 bridgehead atoms. The van der Waals surface area contributed by atoms with E-state index in [0.29, 0.717) is 22.7 Å². The van der Waals surface area contributed by atoms with Gasteiger partial charge in [0.15, 0.2) is 0 Å². The predicted octanol–water partition coefficient (Wildman–Crippen LogP) is 3.65. The van der Waals surface area contributed by atoms with Crippen molar-refractivity contribution < 1.29 is 19.1 Å². The smallest absolute Gasteiger partial charge is 0.255 e. The molecule has 0 saturated heterocycles. The lowest BCUT2D eigenvalue weighted by Gasteiger charge is -2.30. The van der Waals surface area contributed by atoms with Gasteiger partial charge in [0.05, 0.1) is 14.2 Å². The van der Waals surface area contributed by atoms with E-state index in [0.717, 1.165) is 43.5 Å². The third kappa shape index (κ3) is 3.67. The van der Waals surface area contributed by atoms with Gasteiger partial charge < -0.3 is 19.7 Å². The van der Waals surface area contributed by atoms with Gasteiger partial charge in [-0.05, 0) is 55.5 Å². The second-order valence-electron chi connectivity index (χ2n) is 7.27. The van der Waals surface area contributed by atoms with Crippen LogP contribution in [0.5, 0.6) is 11.5 Å². The molecule has 0 unspecified atom stereocenters. The van der Waals surface area contributed by atoms with Crippen LogP contribution in [-0.4, -0.2) is 32.6 Å². The predicted molar refractivity (Wildman–Crippen MR) is 107 cm³/mol. The lowest BCUT2D eigenvalue weighted by Crippen LogP contribution is -2.36. The van der Waals surface area contributed by atoms with Crippen LogP contribution >= 0.6 is 0 Å². The number of methoxy groups -OCH3 is 2. The van der Waals surface area contributed by atoms with Crippen molar-refractivity contribution in [1.29, 1.82) is 0 Å². The summed E-state index contributed by atoms with van der Waals surface area (Å²) in [6, 6.07) is 10.8. The summed E-state index contributed by atoms with van der Waals surface area (Å²) < 4.78 is 10.5. The average molecular weight is 380 g/mol. The molecule has 2 aromatic rings. The first kappa shape index (κ1) is 18.3. The van der Waals surface area contributed by atoms with E-state index >= 15 is 0 Å². The molecule has 6 nitrogen and oxygen atoms in total. The number of carbonyl (C=O) groups excluding carboxylic acids is 2. The fourth-order valence-corrected chi connectivity index (χ4v) is 3.57. The van der Waals surface area contributed by atoms with E-state index in [1.807, 2.05) is 23.1 Å². The summed E-state index contributed by atoms with van der Waals surface area (Å²) in [6.07, 6.45) is 3.89. The maximum atomic E-state index is 12.7. The number of rotatable bonds is 5. The highest BCUT2D eigenvalue weighted by atomic mass is 16.5. The zero-order valence-corrected chi connectivity index (χ0v) is 16.2. The van der Waals surface area contributed by atoms with Gasteiger partial charge in [-0.2, -0.15) is 0 Å². The molecule has 1 aliphatic heterocycles. The average Bonchev–Trinajstić information content (AvgIpc) is 3.57. The molecule has 1 saturated carbocycles. The molecule has 1 aliphatic carbocycles. The van der Waals surface area contributed by atoms with Crippen LogP contribution in [-0.2, 0) is 11.2 Å². The Morgan fingerprint density at radius 1 is 1.04 bits per heavy atom. The van der Waals surface area contributed by atoms with Gasteiger partial charge in [-0.1, -0.05) is 6.07 Å². The van der Waals surface area contributed by atoms with Crippen molar-refractivity contribution in [2.45, 2.75) is 25.7 Å². The van der Waals surface area contributed by atoms with Crippen molar-refractivity contribution in [3.8, 4) is 11.5 Å². The maximum Gasteiger partial charge on any atom is 0.255 e. The summed E-state index contributed by atoms with van der Waals surface area (Å²) in [5, 5.41) is 2.93. The van der Waals surface area contributed by atoms with Gasteiger partial charge >= 0.3 is 0 Å². The molecule has 1 heterocycles. The lowest BCUT2D eigenvalue weighted by molar-refractivity contribution is -0.119. The molecule has 2 amide bonds. The summed E-state index contributed by atoms with van der Waals surface area (Å²) >= 11 is 0. The number of nitrogens with one attached hydrogen (secondary N) is 1. The highest BCUT2D eigenvalue weighted by molar-refractivity contribution is 6.05. The van der Waals surface area contributed by atoms with Crippen LogP contribution in [0.15, 0.2) is 36.4 Å². The van der Waals surface area contributed by atoms with Crippen molar-refractivity contribution >= 4 is 23.2 Å². The zero-order chi connectivity index (χ0) is 19.7. The number of hydrogen-bond donors (Lipinski definition) is 1. The molecule has 4 rings (SSSR count). The summed E-state index contributed by atoms with van der Waals surface area (Å²) in [5.74, 6) is 1.23. The van der Waals surface area contributed by atoms with Crippen molar-refractivity contribution in [3.05, 3.63) is 47.5 Å². The number of anilines is 2. The van der Waals surface area contributed by atoms with E-state index in [2.05, 4.69) is 5.32 Å². The number of ether oxygens (including phenoxy) is 2. The van der Waals surface area contributed by atoms with Gasteiger partial charge in [0.1, 0.15) is 11.5 Å². The van der Waals surface area contributed by atoms with Gasteiger partial charge in [0.25, 0.3) is 5.91 Å². The van der Waals surface area contributed by atoms with Crippen LogP contribution in [0.4, 0.5) is 11.4 Å². The van der Waals surface area contributed by atoms with E-state index in [9.17, 15) is 9.59 Å². The molecule has 0 aromatic heterocycles. The molecule has 28 heavy (non-hydrogen) atoms. The summed E-state index contributed by atoms with van der Waals surface area (Å²) in [5.41, 5.74) is 3.19. The first-order chi connectivity index (χ1) is 13.6. The van der Waals surface area contributed by atoms with E-state index in [-0.39, 0.29) is 17.7 Å². The number of fused-ring (bicyclic) bond motifs is 1. The van der Waals surface area contributed by atoms with Gasteiger partial charge in [0.2, 0.25) is 5.91 Å². The minimum Gasteiger partial charge on any atom is -0.497 e. The topological polar surface area (TPSA) is 67.9 Å². The quantitative estimate of drug-likeness (QED) is 0.860. The molecule has 2 aromatic carbocycles. The van der Waals surface area contributed by atoms with Crippen LogP contribution in [0.1, 0.15) is 35.2 Å². The lowest BCUT2D eigenvalue weighted by atomic mass is 10.0. The number of amides is 2. The molecule has 0 spiro atoms. The Kier molecular flexibility index (Phi) is 4.94. The van der Waals surface area contributed by atoms with Crippen LogP contribution in [0.2, 0.25) is 0 Å². The monoisotopic (exact) mass is 380 g/mol. The zero-order valence-electron chi connectivity index (χ0n) is 16.2. The van der Waals surface area contributed by atoms with Crippen LogP contribution < -0.4 is 19.7 Å². The number of benzene rings is 2. The third-order valence-corrected chi connectivity index (χ3v) is 5.27. The standard InChI is InChI=1S/C22H24N2O4/c1-27-18-10-16(11-19(13-18)28-2)21(25)23-17-8-7-14-4-3-9-24(20(14)12-17)22(26)15-5-6-15/h7-8,10-13,15H,3-6,9H2,1-2H3,(H,23,25). The fraction of sp³-hybridized carbons (Fsp3) is 0.364. The summed E-state index contributed by atoms with van der Waals surface area (Å²) in [4.78, 5) is 27.3. The first-order valence-electron chi connectivity index (χ1n) is 9.58. The number of hydrogen-bond acceptors (Lipinski definition) is 4. The fourth-order valence-electron chi connectivity index (χ4n) is 3.57. The van der Waals surface area contributed by atoms with Gasteiger partial charge in [-0.15, -0.1) is 0 Å². The molecular formula is C22H24N2O4. The van der Waals surface area contributed by atoms with E-state index in [4.69, 9.17) is 9.47 Å². The Morgan fingerprint density at radius 2 is 1.75 bits per heavy atom. The molecule has 0 radical (unpaired) electrons. The highest BCUT2D eigenvalue weighted by Gasteiger charge is 2.35. The van der Waals surface area contributed by atoms with Crippen molar-refractivity contribution in [2.24, 2.45) is 5.92 Å². The van der Waals surface area contributed by atoms with Crippen molar-refractivity contribution in [1.82, 2.24) is 0 Å². The molecule has 1 N–H and O–H groups in total. The Balaban J connectivity index is 1.58. The third-order valence-electron chi connectivity index (χ3n) is 5.27. The second-order valence-corrected chi connectivity index (χ2v) is 7.27. The normalized spacial score (nSPS) is 15.6. The van der Waals surface area contributed by atoms with Crippen molar-refractivity contribution in [3.63, 3.8) is 0 Å². The van der Waals surface area contributed by atoms with E-state index in [1.54, 1.807) is 32.4 Å². The van der Waals surface area contributed by atoms with Gasteiger partial charge in [-0.25, -0.2) is 0 Å². The minimum absolute atomic E-state index is 0.174. The second kappa shape index (κ2) is 7.54. The molecule has 2 aliphatic rings. The Bertz CT molecular complexity index is 898. The molecule has 1 fully saturated rings. The van der Waals surface area contributed by atoms with Crippen LogP contribution in [0.25, 0.3) is 0 Å². The number of aryl methyl sites for hydroxylation is 1. The number of nitrogens with zero attached hydrogens (tertiary/aromatic N) is 1. The van der Waals surface area contributed by atoms with Gasteiger partial charge in [0, 0.05) is 35.5 Å². The number of carbonyl (C=O) groups is 2. The van der Waals surface area contributed by atoms with Gasteiger partial charge in [-0.3, -0.25) is 9.59 Å². The Morgan fingerprint density at radius 3 is 2.39 bits per heavy atom. The van der Waals surface area contributed by atoms with Crippen molar-refractivity contribution in [2.75, 3.05) is 31.0 Å². The summed E-state index contributed by atoms with van der Waals surface area (Å²) in [7, 11) is 3.09. The largest absolute Gasteiger partial charge is 0.497 e. The van der Waals surface area contributed by atoms with E-state index < -0.39 is 0 Å². The van der Waals surface area contributed by atoms with Crippen LogP contribution in [0, 0.1) is 5.92 Å². The summed E-state index contributed by atoms with van der Waals surface area (Å²) in [6.45, 7) is 0.743. The Labute approximate surface area is 164 Å². The molecule has 146 valence electrons. The first-order valence-corrected chi connectivity index (χ1v) is 9.58. The minimum atomic E-state index is -0.256. The Hall–Kier alpha value is -3.02. The van der Waals surface area contributed by atoms with Crippen LogP contribution in [0.3, 0.4) is 0 Å². The SMILES string of the molecule is COc1cc(OC)cc(C(=O)Nc2ccc3c(c2)N(C(=O)C2CC2)CCC3)c1. The maximum absolute atomic E-state index is 12.7. The molecular weight excluding hydrogens is 356 g/mol.